The predicted octanol–water partition coefficient (Wildman–Crippen LogP) is 0.803. The number of aliphatic carboxylic acids is 1. The molecule has 1 saturated heterocycles. The van der Waals surface area contributed by atoms with E-state index in [2.05, 4.69) is 0 Å². The summed E-state index contributed by atoms with van der Waals surface area (Å²) >= 11 is 0. The molecule has 1 unspecified atom stereocenters. The average Bonchev–Trinajstić information content (AvgIpc) is 2.32. The van der Waals surface area contributed by atoms with Crippen LogP contribution in [0.1, 0.15) is 26.7 Å². The normalized spacial score (nSPS) is 29.1. The minimum atomic E-state index is -1.27. The number of esters is 1. The number of carbonyl (C=O) groups excluding carboxylic acids is 1. The fourth-order valence-electron chi connectivity index (χ4n) is 1.40. The number of carboxylic acids is 1. The molecule has 68 valence electrons. The van der Waals surface area contributed by atoms with Gasteiger partial charge in [0.05, 0.1) is 0 Å². The first-order valence-corrected chi connectivity index (χ1v) is 3.94. The number of hydrogen-bond donors (Lipinski definition) is 1. The number of cyclic esters (lactones) is 1. The maximum Gasteiger partial charge on any atom is 0.348 e. The van der Waals surface area contributed by atoms with Crippen molar-refractivity contribution in [2.75, 3.05) is 0 Å². The molecule has 1 aliphatic heterocycles. The lowest BCUT2D eigenvalue weighted by Crippen LogP contribution is -2.43. The molecule has 0 aromatic carbocycles. The monoisotopic (exact) mass is 172 g/mol. The van der Waals surface area contributed by atoms with Gasteiger partial charge in [0.15, 0.2) is 0 Å². The number of rotatable bonds is 2. The van der Waals surface area contributed by atoms with E-state index in [1.54, 1.807) is 13.8 Å². The molecule has 12 heavy (non-hydrogen) atoms. The molecular formula is C8H12O4. The SMILES string of the molecule is CC(C)C1(C(=O)O)CCC(=O)O1. The molecule has 0 amide bonds. The van der Waals surface area contributed by atoms with Crippen molar-refractivity contribution in [1.29, 1.82) is 0 Å². The summed E-state index contributed by atoms with van der Waals surface area (Å²) in [6.45, 7) is 3.49. The van der Waals surface area contributed by atoms with E-state index < -0.39 is 17.5 Å². The van der Waals surface area contributed by atoms with Crippen LogP contribution in [0.4, 0.5) is 0 Å². The molecule has 1 heterocycles. The van der Waals surface area contributed by atoms with Crippen LogP contribution in [0.5, 0.6) is 0 Å². The first-order valence-electron chi connectivity index (χ1n) is 3.94. The molecular weight excluding hydrogens is 160 g/mol. The fourth-order valence-corrected chi connectivity index (χ4v) is 1.40. The zero-order valence-corrected chi connectivity index (χ0v) is 7.16. The summed E-state index contributed by atoms with van der Waals surface area (Å²) in [7, 11) is 0. The molecule has 4 heteroatoms. The number of ether oxygens (including phenoxy) is 1. The second-order valence-electron chi connectivity index (χ2n) is 3.32. The Bertz CT molecular complexity index is 221. The fraction of sp³-hybridized carbons (Fsp3) is 0.750. The van der Waals surface area contributed by atoms with Crippen LogP contribution < -0.4 is 0 Å². The van der Waals surface area contributed by atoms with Crippen LogP contribution in [-0.2, 0) is 14.3 Å². The molecule has 4 nitrogen and oxygen atoms in total. The quantitative estimate of drug-likeness (QED) is 0.626. The van der Waals surface area contributed by atoms with Gasteiger partial charge in [-0.1, -0.05) is 13.8 Å². The van der Waals surface area contributed by atoms with E-state index in [9.17, 15) is 9.59 Å². The molecule has 0 saturated carbocycles. The van der Waals surface area contributed by atoms with Crippen LogP contribution >= 0.6 is 0 Å². The van der Waals surface area contributed by atoms with Gasteiger partial charge in [0.1, 0.15) is 0 Å². The topological polar surface area (TPSA) is 63.6 Å². The predicted molar refractivity (Wildman–Crippen MR) is 40.5 cm³/mol. The third kappa shape index (κ3) is 1.17. The number of carbonyl (C=O) groups is 2. The smallest absolute Gasteiger partial charge is 0.348 e. The van der Waals surface area contributed by atoms with E-state index >= 15 is 0 Å². The van der Waals surface area contributed by atoms with Crippen molar-refractivity contribution >= 4 is 11.9 Å². The second-order valence-corrected chi connectivity index (χ2v) is 3.32. The highest BCUT2D eigenvalue weighted by Crippen LogP contribution is 2.33. The Hall–Kier alpha value is -1.06. The van der Waals surface area contributed by atoms with Gasteiger partial charge < -0.3 is 9.84 Å². The highest BCUT2D eigenvalue weighted by molar-refractivity contribution is 5.85. The molecule has 1 N–H and O–H groups in total. The molecule has 0 aromatic rings. The molecule has 1 aliphatic rings. The second kappa shape index (κ2) is 2.77. The number of hydrogen-bond acceptors (Lipinski definition) is 3. The van der Waals surface area contributed by atoms with E-state index in [0.29, 0.717) is 6.42 Å². The van der Waals surface area contributed by atoms with Gasteiger partial charge >= 0.3 is 11.9 Å². The zero-order valence-electron chi connectivity index (χ0n) is 7.16. The Labute approximate surface area is 70.5 Å². The molecule has 0 spiro atoms. The van der Waals surface area contributed by atoms with Gasteiger partial charge in [0, 0.05) is 18.8 Å². The first-order chi connectivity index (χ1) is 5.49. The van der Waals surface area contributed by atoms with E-state index in [1.807, 2.05) is 0 Å². The standard InChI is InChI=1S/C8H12O4/c1-5(2)8(7(10)11)4-3-6(9)12-8/h5H,3-4H2,1-2H3,(H,10,11). The van der Waals surface area contributed by atoms with Crippen LogP contribution in [-0.4, -0.2) is 22.6 Å². The molecule has 0 aliphatic carbocycles. The van der Waals surface area contributed by atoms with Gasteiger partial charge in [0.25, 0.3) is 0 Å². The zero-order chi connectivity index (χ0) is 9.35. The van der Waals surface area contributed by atoms with Crippen molar-refractivity contribution in [2.45, 2.75) is 32.3 Å². The van der Waals surface area contributed by atoms with Crippen molar-refractivity contribution in [2.24, 2.45) is 5.92 Å². The molecule has 1 fully saturated rings. The summed E-state index contributed by atoms with van der Waals surface area (Å²) in [4.78, 5) is 21.6. The van der Waals surface area contributed by atoms with E-state index in [-0.39, 0.29) is 12.3 Å². The van der Waals surface area contributed by atoms with E-state index in [4.69, 9.17) is 9.84 Å². The van der Waals surface area contributed by atoms with Crippen molar-refractivity contribution in [3.63, 3.8) is 0 Å². The van der Waals surface area contributed by atoms with Crippen LogP contribution in [0.3, 0.4) is 0 Å². The van der Waals surface area contributed by atoms with Crippen molar-refractivity contribution in [1.82, 2.24) is 0 Å². The third-order valence-electron chi connectivity index (χ3n) is 2.29. The largest absolute Gasteiger partial charge is 0.478 e. The summed E-state index contributed by atoms with van der Waals surface area (Å²) in [6, 6.07) is 0. The van der Waals surface area contributed by atoms with E-state index in [0.717, 1.165) is 0 Å². The van der Waals surface area contributed by atoms with Crippen LogP contribution in [0.2, 0.25) is 0 Å². The molecule has 1 atom stereocenters. The van der Waals surface area contributed by atoms with Gasteiger partial charge in [-0.25, -0.2) is 4.79 Å². The number of carboxylic acid groups (broad SMARTS) is 1. The van der Waals surface area contributed by atoms with Crippen molar-refractivity contribution in [3.05, 3.63) is 0 Å². The van der Waals surface area contributed by atoms with Gasteiger partial charge in [-0.2, -0.15) is 0 Å². The van der Waals surface area contributed by atoms with Crippen LogP contribution in [0, 0.1) is 5.92 Å². The molecule has 1 rings (SSSR count). The summed E-state index contributed by atoms with van der Waals surface area (Å²) in [5.41, 5.74) is -1.27. The van der Waals surface area contributed by atoms with Gasteiger partial charge in [0.2, 0.25) is 5.60 Å². The average molecular weight is 172 g/mol. The molecule has 0 aromatic heterocycles. The summed E-state index contributed by atoms with van der Waals surface area (Å²) < 4.78 is 4.83. The maximum absolute atomic E-state index is 10.8. The summed E-state index contributed by atoms with van der Waals surface area (Å²) in [6.07, 6.45) is 0.503. The lowest BCUT2D eigenvalue weighted by Gasteiger charge is -2.26. The van der Waals surface area contributed by atoms with Crippen LogP contribution in [0.25, 0.3) is 0 Å². The third-order valence-corrected chi connectivity index (χ3v) is 2.29. The maximum atomic E-state index is 10.8. The molecule has 0 radical (unpaired) electrons. The Morgan fingerprint density at radius 1 is 1.67 bits per heavy atom. The summed E-state index contributed by atoms with van der Waals surface area (Å²) in [5.74, 6) is -1.63. The minimum absolute atomic E-state index is 0.179. The van der Waals surface area contributed by atoms with Gasteiger partial charge in [-0.05, 0) is 0 Å². The van der Waals surface area contributed by atoms with Crippen molar-refractivity contribution < 1.29 is 19.4 Å². The minimum Gasteiger partial charge on any atom is -0.478 e. The Kier molecular flexibility index (Phi) is 2.08. The molecule has 0 bridgehead atoms. The van der Waals surface area contributed by atoms with E-state index in [1.165, 1.54) is 0 Å². The van der Waals surface area contributed by atoms with Gasteiger partial charge in [-0.3, -0.25) is 4.79 Å². The van der Waals surface area contributed by atoms with Gasteiger partial charge in [-0.15, -0.1) is 0 Å². The first kappa shape index (κ1) is 9.03. The highest BCUT2D eigenvalue weighted by atomic mass is 16.6. The van der Waals surface area contributed by atoms with Crippen LogP contribution in [0.15, 0.2) is 0 Å². The highest BCUT2D eigenvalue weighted by Gasteiger charge is 2.49. The lowest BCUT2D eigenvalue weighted by atomic mass is 9.88. The Morgan fingerprint density at radius 2 is 2.25 bits per heavy atom. The summed E-state index contributed by atoms with van der Waals surface area (Å²) in [5, 5.41) is 8.87. The lowest BCUT2D eigenvalue weighted by molar-refractivity contribution is -0.174. The van der Waals surface area contributed by atoms with Crippen molar-refractivity contribution in [3.8, 4) is 0 Å². The Morgan fingerprint density at radius 3 is 2.42 bits per heavy atom. The Balaban J connectivity index is 2.89.